The number of amides is 3. The summed E-state index contributed by atoms with van der Waals surface area (Å²) in [5.41, 5.74) is 7.33. The van der Waals surface area contributed by atoms with E-state index < -0.39 is 6.04 Å². The maximum Gasteiger partial charge on any atom is 0.239 e. The number of hydrogen-bond donors (Lipinski definition) is 4. The average molecular weight is 385 g/mol. The van der Waals surface area contributed by atoms with Crippen LogP contribution in [0.4, 0.5) is 5.69 Å². The van der Waals surface area contributed by atoms with Crippen molar-refractivity contribution >= 4 is 35.8 Å². The van der Waals surface area contributed by atoms with Crippen LogP contribution in [0.1, 0.15) is 39.2 Å². The van der Waals surface area contributed by atoms with Gasteiger partial charge in [-0.05, 0) is 30.0 Å². The minimum Gasteiger partial charge on any atom is -0.350 e. The topological polar surface area (TPSA) is 113 Å². The minimum atomic E-state index is -0.622. The Kier molecular flexibility index (Phi) is 11.3. The SMILES string of the molecule is CCCC(=O)Nc1ccc(CNC(=O)CNC(=O)[C@@H](N)C(C)C)cc1.Cl. The Morgan fingerprint density at radius 3 is 2.19 bits per heavy atom. The molecule has 7 nitrogen and oxygen atoms in total. The third-order valence-electron chi connectivity index (χ3n) is 3.65. The van der Waals surface area contributed by atoms with Gasteiger partial charge in [0.05, 0.1) is 12.6 Å². The molecule has 5 N–H and O–H groups in total. The molecule has 0 fully saturated rings. The number of nitrogens with one attached hydrogen (secondary N) is 3. The molecule has 8 heteroatoms. The fraction of sp³-hybridized carbons (Fsp3) is 0.500. The predicted molar refractivity (Wildman–Crippen MR) is 105 cm³/mol. The molecule has 0 unspecified atom stereocenters. The molecule has 146 valence electrons. The molecular weight excluding hydrogens is 356 g/mol. The molecule has 0 radical (unpaired) electrons. The van der Waals surface area contributed by atoms with Crippen molar-refractivity contribution in [1.82, 2.24) is 10.6 Å². The van der Waals surface area contributed by atoms with Crippen LogP contribution in [-0.2, 0) is 20.9 Å². The predicted octanol–water partition coefficient (Wildman–Crippen LogP) is 1.56. The quantitative estimate of drug-likeness (QED) is 0.517. The largest absolute Gasteiger partial charge is 0.350 e. The monoisotopic (exact) mass is 384 g/mol. The van der Waals surface area contributed by atoms with E-state index in [9.17, 15) is 14.4 Å². The second kappa shape index (κ2) is 12.3. The lowest BCUT2D eigenvalue weighted by Gasteiger charge is -2.15. The Labute approximate surface area is 160 Å². The molecule has 0 spiro atoms. The number of rotatable bonds is 9. The number of carbonyl (C=O) groups excluding carboxylic acids is 3. The zero-order chi connectivity index (χ0) is 18.8. The zero-order valence-corrected chi connectivity index (χ0v) is 16.3. The summed E-state index contributed by atoms with van der Waals surface area (Å²) in [4.78, 5) is 35.0. The van der Waals surface area contributed by atoms with E-state index in [-0.39, 0.29) is 42.6 Å². The van der Waals surface area contributed by atoms with Crippen LogP contribution < -0.4 is 21.7 Å². The maximum atomic E-state index is 11.8. The molecular formula is C18H29ClN4O3. The Morgan fingerprint density at radius 2 is 1.65 bits per heavy atom. The number of halogens is 1. The standard InChI is InChI=1S/C18H28N4O3.ClH/c1-4-5-15(23)22-14-8-6-13(7-9-14)10-20-16(24)11-21-18(25)17(19)12(2)3;/h6-9,12,17H,4-5,10-11,19H2,1-3H3,(H,20,24)(H,21,25)(H,22,23);1H/t17-;/m0./s1. The summed E-state index contributed by atoms with van der Waals surface area (Å²) in [6.45, 7) is 5.88. The summed E-state index contributed by atoms with van der Waals surface area (Å²) in [5, 5.41) is 8.04. The van der Waals surface area contributed by atoms with E-state index in [2.05, 4.69) is 16.0 Å². The van der Waals surface area contributed by atoms with Crippen molar-refractivity contribution in [3.8, 4) is 0 Å². The van der Waals surface area contributed by atoms with Gasteiger partial charge in [0.2, 0.25) is 17.7 Å². The van der Waals surface area contributed by atoms with Gasteiger partial charge in [-0.2, -0.15) is 0 Å². The molecule has 0 bridgehead atoms. The molecule has 1 atom stereocenters. The Balaban J connectivity index is 0.00000625. The lowest BCUT2D eigenvalue weighted by atomic mass is 10.1. The second-order valence-electron chi connectivity index (χ2n) is 6.26. The van der Waals surface area contributed by atoms with Crippen molar-refractivity contribution < 1.29 is 14.4 Å². The first kappa shape index (κ1) is 23.9. The van der Waals surface area contributed by atoms with Crippen molar-refractivity contribution in [2.75, 3.05) is 11.9 Å². The molecule has 0 aliphatic carbocycles. The zero-order valence-electron chi connectivity index (χ0n) is 15.5. The molecule has 0 heterocycles. The van der Waals surface area contributed by atoms with Gasteiger partial charge in [0.15, 0.2) is 0 Å². The summed E-state index contributed by atoms with van der Waals surface area (Å²) in [7, 11) is 0. The van der Waals surface area contributed by atoms with E-state index in [1.54, 1.807) is 12.1 Å². The first-order valence-electron chi connectivity index (χ1n) is 8.52. The third-order valence-corrected chi connectivity index (χ3v) is 3.65. The number of nitrogens with two attached hydrogens (primary N) is 1. The van der Waals surface area contributed by atoms with Crippen LogP contribution in [0.5, 0.6) is 0 Å². The van der Waals surface area contributed by atoms with E-state index in [0.29, 0.717) is 13.0 Å². The van der Waals surface area contributed by atoms with Crippen LogP contribution in [0.2, 0.25) is 0 Å². The molecule has 1 rings (SSSR count). The van der Waals surface area contributed by atoms with Gasteiger partial charge < -0.3 is 21.7 Å². The molecule has 3 amide bonds. The summed E-state index contributed by atoms with van der Waals surface area (Å²) in [6.07, 6.45) is 1.29. The average Bonchev–Trinajstić information content (AvgIpc) is 2.58. The van der Waals surface area contributed by atoms with Gasteiger partial charge in [0.25, 0.3) is 0 Å². The Hall–Kier alpha value is -2.12. The maximum absolute atomic E-state index is 11.8. The molecule has 0 aromatic heterocycles. The fourth-order valence-corrected chi connectivity index (χ4v) is 2.01. The molecule has 0 aliphatic heterocycles. The first-order valence-corrected chi connectivity index (χ1v) is 8.52. The van der Waals surface area contributed by atoms with Crippen molar-refractivity contribution in [3.05, 3.63) is 29.8 Å². The number of benzene rings is 1. The fourth-order valence-electron chi connectivity index (χ4n) is 2.01. The highest BCUT2D eigenvalue weighted by molar-refractivity contribution is 5.90. The van der Waals surface area contributed by atoms with Crippen LogP contribution >= 0.6 is 12.4 Å². The van der Waals surface area contributed by atoms with Gasteiger partial charge in [-0.15, -0.1) is 12.4 Å². The molecule has 26 heavy (non-hydrogen) atoms. The molecule has 0 aliphatic rings. The molecule has 1 aromatic rings. The van der Waals surface area contributed by atoms with Crippen LogP contribution in [0.25, 0.3) is 0 Å². The number of carbonyl (C=O) groups is 3. The van der Waals surface area contributed by atoms with E-state index in [0.717, 1.165) is 17.7 Å². The van der Waals surface area contributed by atoms with Gasteiger partial charge in [-0.3, -0.25) is 14.4 Å². The highest BCUT2D eigenvalue weighted by atomic mass is 35.5. The van der Waals surface area contributed by atoms with Crippen LogP contribution in [0, 0.1) is 5.92 Å². The summed E-state index contributed by atoms with van der Waals surface area (Å²) in [6, 6.07) is 6.62. The second-order valence-corrected chi connectivity index (χ2v) is 6.26. The van der Waals surface area contributed by atoms with Crippen LogP contribution in [0.15, 0.2) is 24.3 Å². The van der Waals surface area contributed by atoms with E-state index in [4.69, 9.17) is 5.73 Å². The molecule has 0 saturated carbocycles. The first-order chi connectivity index (χ1) is 11.8. The van der Waals surface area contributed by atoms with Crippen molar-refractivity contribution in [3.63, 3.8) is 0 Å². The molecule has 0 saturated heterocycles. The van der Waals surface area contributed by atoms with Gasteiger partial charge in [0, 0.05) is 18.7 Å². The van der Waals surface area contributed by atoms with E-state index >= 15 is 0 Å². The van der Waals surface area contributed by atoms with E-state index in [1.807, 2.05) is 32.9 Å². The highest BCUT2D eigenvalue weighted by Gasteiger charge is 2.17. The van der Waals surface area contributed by atoms with Crippen molar-refractivity contribution in [1.29, 1.82) is 0 Å². The van der Waals surface area contributed by atoms with Crippen molar-refractivity contribution in [2.45, 2.75) is 46.2 Å². The summed E-state index contributed by atoms with van der Waals surface area (Å²) in [5.74, 6) is -0.625. The third kappa shape index (κ3) is 8.82. The van der Waals surface area contributed by atoms with Gasteiger partial charge in [-0.1, -0.05) is 32.9 Å². The van der Waals surface area contributed by atoms with Crippen LogP contribution in [-0.4, -0.2) is 30.3 Å². The summed E-state index contributed by atoms with van der Waals surface area (Å²) >= 11 is 0. The number of hydrogen-bond acceptors (Lipinski definition) is 4. The Morgan fingerprint density at radius 1 is 1.04 bits per heavy atom. The lowest BCUT2D eigenvalue weighted by molar-refractivity contribution is -0.127. The van der Waals surface area contributed by atoms with E-state index in [1.165, 1.54) is 0 Å². The van der Waals surface area contributed by atoms with Crippen molar-refractivity contribution in [2.24, 2.45) is 11.7 Å². The normalized spacial score (nSPS) is 11.3. The van der Waals surface area contributed by atoms with Crippen LogP contribution in [0.3, 0.4) is 0 Å². The minimum absolute atomic E-state index is 0. The summed E-state index contributed by atoms with van der Waals surface area (Å²) < 4.78 is 0. The molecule has 1 aromatic carbocycles. The van der Waals surface area contributed by atoms with Gasteiger partial charge in [-0.25, -0.2) is 0 Å². The lowest BCUT2D eigenvalue weighted by Crippen LogP contribution is -2.47. The smallest absolute Gasteiger partial charge is 0.239 e. The Bertz CT molecular complexity index is 591. The highest BCUT2D eigenvalue weighted by Crippen LogP contribution is 2.10. The van der Waals surface area contributed by atoms with Gasteiger partial charge in [0.1, 0.15) is 0 Å². The number of anilines is 1. The van der Waals surface area contributed by atoms with Gasteiger partial charge >= 0.3 is 0 Å².